The van der Waals surface area contributed by atoms with Crippen LogP contribution < -0.4 is 11.1 Å². The number of unbranched alkanes of at least 4 members (excludes halogenated alkanes) is 1. The molecule has 52 heavy (non-hydrogen) atoms. The van der Waals surface area contributed by atoms with Gasteiger partial charge in [0.05, 0.1) is 19.1 Å². The maximum atomic E-state index is 13.6. The number of amides is 1. The van der Waals surface area contributed by atoms with Crippen LogP contribution in [0.4, 0.5) is 0 Å². The molecule has 2 bridgehead atoms. The number of esters is 2. The Kier molecular flexibility index (Phi) is 11.7. The molecular weight excluding hydrogens is 664 g/mol. The molecule has 1 amide bonds. The normalized spacial score (nSPS) is 40.6. The van der Waals surface area contributed by atoms with E-state index in [9.17, 15) is 24.3 Å². The molecule has 0 aromatic rings. The maximum Gasteiger partial charge on any atom is 0.323 e. The SMILES string of the molecule is COCC(=O)NCCCCC(N)C(=O)O[C@H]1[C@H](OC(C)=O)C[C@@]23COC[C@@]1(C)[C@@H]2CC[C@H]1C3=CC[C@@]2(C)[C@H](C(=O)O)[C@@](C)([C@H](C)C(C)C)CC[C@]12C. The lowest BCUT2D eigenvalue weighted by molar-refractivity contribution is -0.263. The summed E-state index contributed by atoms with van der Waals surface area (Å²) in [5.41, 5.74) is 5.61. The van der Waals surface area contributed by atoms with Crippen LogP contribution in [0.1, 0.15) is 113 Å². The predicted molar refractivity (Wildman–Crippen MR) is 196 cm³/mol. The molecule has 0 aromatic heterocycles. The summed E-state index contributed by atoms with van der Waals surface area (Å²) < 4.78 is 23.7. The molecule has 4 N–H and O–H groups in total. The van der Waals surface area contributed by atoms with Gasteiger partial charge in [-0.2, -0.15) is 0 Å². The number of aliphatic carboxylic acids is 1. The molecule has 0 spiro atoms. The van der Waals surface area contributed by atoms with Crippen molar-refractivity contribution in [2.24, 2.45) is 62.4 Å². The third-order valence-electron chi connectivity index (χ3n) is 15.5. The van der Waals surface area contributed by atoms with E-state index in [0.717, 1.165) is 25.7 Å². The van der Waals surface area contributed by atoms with Gasteiger partial charge >= 0.3 is 17.9 Å². The zero-order chi connectivity index (χ0) is 38.4. The summed E-state index contributed by atoms with van der Waals surface area (Å²) in [4.78, 5) is 51.3. The van der Waals surface area contributed by atoms with Crippen molar-refractivity contribution in [2.75, 3.05) is 33.5 Å². The summed E-state index contributed by atoms with van der Waals surface area (Å²) in [6, 6.07) is -0.862. The molecule has 12 atom stereocenters. The van der Waals surface area contributed by atoms with Crippen LogP contribution in [0.2, 0.25) is 0 Å². The second kappa shape index (κ2) is 15.0. The van der Waals surface area contributed by atoms with E-state index in [1.807, 2.05) is 0 Å². The molecular formula is C41H66N2O9. The second-order valence-electron chi connectivity index (χ2n) is 18.4. The molecule has 5 rings (SSSR count). The van der Waals surface area contributed by atoms with Crippen molar-refractivity contribution in [3.8, 4) is 0 Å². The molecule has 0 radical (unpaired) electrons. The number of fused-ring (bicyclic) bond motifs is 3. The Morgan fingerprint density at radius 1 is 1.02 bits per heavy atom. The Bertz CT molecular complexity index is 1420. The zero-order valence-corrected chi connectivity index (χ0v) is 33.2. The second-order valence-corrected chi connectivity index (χ2v) is 18.4. The molecule has 3 saturated carbocycles. The molecule has 11 nitrogen and oxygen atoms in total. The largest absolute Gasteiger partial charge is 0.481 e. The fraction of sp³-hybridized carbons (Fsp3) is 0.854. The van der Waals surface area contributed by atoms with E-state index in [4.69, 9.17) is 24.7 Å². The number of nitrogens with one attached hydrogen (secondary N) is 1. The van der Waals surface area contributed by atoms with Gasteiger partial charge in [0, 0.05) is 31.4 Å². The first kappa shape index (κ1) is 40.7. The fourth-order valence-corrected chi connectivity index (χ4v) is 12.3. The van der Waals surface area contributed by atoms with Crippen LogP contribution in [0.3, 0.4) is 0 Å². The molecule has 1 unspecified atom stereocenters. The lowest BCUT2D eigenvalue weighted by Crippen LogP contribution is -2.70. The van der Waals surface area contributed by atoms with Crippen LogP contribution in [-0.2, 0) is 38.1 Å². The topological polar surface area (TPSA) is 163 Å². The van der Waals surface area contributed by atoms with E-state index in [-0.39, 0.29) is 41.1 Å². The Morgan fingerprint density at radius 2 is 1.73 bits per heavy atom. The summed E-state index contributed by atoms with van der Waals surface area (Å²) in [5.74, 6) is -1.41. The molecule has 11 heteroatoms. The minimum Gasteiger partial charge on any atom is -0.481 e. The van der Waals surface area contributed by atoms with Gasteiger partial charge in [-0.3, -0.25) is 19.2 Å². The minimum atomic E-state index is -0.862. The van der Waals surface area contributed by atoms with Gasteiger partial charge in [0.1, 0.15) is 24.9 Å². The standard InChI is InChI=1S/C41H66N2O9/c1-24(2)25(3)37(5)17-18-39(7)27-13-14-31-38(6)22-50-23-41(31,28(27)15-16-40(39,8)33(37)35(46)47)20-30(51-26(4)44)34(38)52-36(48)29(42)12-10-11-19-43-32(45)21-49-9/h15,24-25,27,29-31,33-34H,10-14,16-23,42H2,1-9H3,(H,43,45)(H,46,47)/t25-,27+,29?,30-,31+,33-,34+,37-,38+,39-,40+,41+/m1/s1. The molecule has 5 aliphatic rings. The summed E-state index contributed by atoms with van der Waals surface area (Å²) >= 11 is 0. The Labute approximate surface area is 310 Å². The van der Waals surface area contributed by atoms with Crippen LogP contribution in [-0.4, -0.2) is 80.6 Å². The Balaban J connectivity index is 1.42. The van der Waals surface area contributed by atoms with Crippen LogP contribution in [0.25, 0.3) is 0 Å². The van der Waals surface area contributed by atoms with Crippen molar-refractivity contribution in [2.45, 2.75) is 131 Å². The quantitative estimate of drug-likeness (QED) is 0.122. The van der Waals surface area contributed by atoms with Crippen molar-refractivity contribution in [1.82, 2.24) is 5.32 Å². The predicted octanol–water partition coefficient (Wildman–Crippen LogP) is 5.68. The number of carbonyl (C=O) groups is 4. The highest BCUT2D eigenvalue weighted by atomic mass is 16.6. The molecule has 1 saturated heterocycles. The van der Waals surface area contributed by atoms with E-state index >= 15 is 0 Å². The molecule has 0 aromatic carbocycles. The van der Waals surface area contributed by atoms with Gasteiger partial charge in [0.25, 0.3) is 0 Å². The van der Waals surface area contributed by atoms with Crippen molar-refractivity contribution in [3.63, 3.8) is 0 Å². The van der Waals surface area contributed by atoms with E-state index in [1.54, 1.807) is 0 Å². The number of rotatable bonds is 13. The van der Waals surface area contributed by atoms with Crippen molar-refractivity contribution >= 4 is 23.8 Å². The van der Waals surface area contributed by atoms with Gasteiger partial charge < -0.3 is 35.1 Å². The number of hydrogen-bond donors (Lipinski definition) is 3. The summed E-state index contributed by atoms with van der Waals surface area (Å²) in [6.45, 7) is 18.3. The van der Waals surface area contributed by atoms with Gasteiger partial charge in [-0.05, 0) is 97.7 Å². The first-order chi connectivity index (χ1) is 24.3. The summed E-state index contributed by atoms with van der Waals surface area (Å²) in [5, 5.41) is 13.8. The van der Waals surface area contributed by atoms with E-state index in [0.29, 0.717) is 57.8 Å². The molecule has 1 heterocycles. The first-order valence-corrected chi connectivity index (χ1v) is 19.7. The smallest absolute Gasteiger partial charge is 0.323 e. The number of carboxylic acids is 1. The van der Waals surface area contributed by atoms with Gasteiger partial charge in [-0.25, -0.2) is 0 Å². The van der Waals surface area contributed by atoms with Crippen LogP contribution in [0, 0.1) is 56.7 Å². The van der Waals surface area contributed by atoms with Gasteiger partial charge in [0.2, 0.25) is 5.91 Å². The Morgan fingerprint density at radius 3 is 2.37 bits per heavy atom. The third kappa shape index (κ3) is 6.63. The van der Waals surface area contributed by atoms with Gasteiger partial charge in [-0.15, -0.1) is 0 Å². The van der Waals surface area contributed by atoms with Gasteiger partial charge in [-0.1, -0.05) is 60.1 Å². The number of ether oxygens (including phenoxy) is 4. The highest BCUT2D eigenvalue weighted by Crippen LogP contribution is 2.75. The molecule has 4 aliphatic carbocycles. The maximum absolute atomic E-state index is 13.6. The Hall–Kier alpha value is -2.50. The number of allylic oxidation sites excluding steroid dienone is 1. The lowest BCUT2D eigenvalue weighted by atomic mass is 9.34. The number of carboxylic acid groups (broad SMARTS) is 1. The van der Waals surface area contributed by atoms with Crippen LogP contribution >= 0.6 is 0 Å². The molecule has 1 aliphatic heterocycles. The average Bonchev–Trinajstić information content (AvgIpc) is 3.06. The number of carbonyl (C=O) groups excluding carboxylic acids is 3. The number of nitrogens with two attached hydrogens (primary N) is 1. The minimum absolute atomic E-state index is 0.000581. The van der Waals surface area contributed by atoms with Crippen molar-refractivity contribution in [3.05, 3.63) is 11.6 Å². The molecule has 294 valence electrons. The van der Waals surface area contributed by atoms with Crippen molar-refractivity contribution in [1.29, 1.82) is 0 Å². The van der Waals surface area contributed by atoms with Gasteiger partial charge in [0.15, 0.2) is 0 Å². The highest BCUT2D eigenvalue weighted by Gasteiger charge is 2.72. The number of hydrogen-bond acceptors (Lipinski definition) is 9. The monoisotopic (exact) mass is 730 g/mol. The fourth-order valence-electron chi connectivity index (χ4n) is 12.3. The molecule has 4 fully saturated rings. The highest BCUT2D eigenvalue weighted by molar-refractivity contribution is 5.77. The van der Waals surface area contributed by atoms with Crippen molar-refractivity contribution < 1.29 is 43.2 Å². The number of methoxy groups -OCH3 is 1. The zero-order valence-electron chi connectivity index (χ0n) is 33.2. The van der Waals surface area contributed by atoms with E-state index in [2.05, 4.69) is 59.9 Å². The lowest BCUT2D eigenvalue weighted by Gasteiger charge is -2.71. The summed E-state index contributed by atoms with van der Waals surface area (Å²) in [6.07, 6.45) is 7.38. The van der Waals surface area contributed by atoms with E-state index < -0.39 is 58.3 Å². The average molecular weight is 731 g/mol. The van der Waals surface area contributed by atoms with E-state index in [1.165, 1.54) is 19.6 Å². The van der Waals surface area contributed by atoms with Crippen LogP contribution in [0.15, 0.2) is 11.6 Å². The third-order valence-corrected chi connectivity index (χ3v) is 15.5. The first-order valence-electron chi connectivity index (χ1n) is 19.7. The van der Waals surface area contributed by atoms with Crippen LogP contribution in [0.5, 0.6) is 0 Å². The summed E-state index contributed by atoms with van der Waals surface area (Å²) in [7, 11) is 1.47.